The smallest absolute Gasteiger partial charge is 0.201 e. The number of halogens is 6. The Balaban J connectivity index is 1.16. The summed E-state index contributed by atoms with van der Waals surface area (Å²) in [4.78, 5) is 0. The zero-order chi connectivity index (χ0) is 32.8. The molecule has 3 aromatic carbocycles. The number of aryl methyl sites for hydroxylation is 1. The van der Waals surface area contributed by atoms with Gasteiger partial charge in [0.05, 0.1) is 13.2 Å². The summed E-state index contributed by atoms with van der Waals surface area (Å²) in [5.74, 6) is -6.20. The van der Waals surface area contributed by atoms with Crippen molar-refractivity contribution in [1.29, 1.82) is 0 Å². The number of rotatable bonds is 11. The molecule has 2 nitrogen and oxygen atoms in total. The van der Waals surface area contributed by atoms with Crippen LogP contribution in [-0.4, -0.2) is 13.2 Å². The molecule has 2 aliphatic carbocycles. The zero-order valence-corrected chi connectivity index (χ0v) is 26.3. The molecule has 1 unspecified atom stereocenters. The molecule has 0 amide bonds. The van der Waals surface area contributed by atoms with Crippen LogP contribution >= 0.6 is 0 Å². The van der Waals surface area contributed by atoms with E-state index in [-0.39, 0.29) is 53.6 Å². The molecule has 0 bridgehead atoms. The molecule has 3 aromatic rings. The average molecular weight is 643 g/mol. The summed E-state index contributed by atoms with van der Waals surface area (Å²) in [6, 6.07) is 9.24. The molecule has 0 radical (unpaired) electrons. The Kier molecular flexibility index (Phi) is 11.2. The van der Waals surface area contributed by atoms with Crippen LogP contribution in [0.5, 0.6) is 11.5 Å². The van der Waals surface area contributed by atoms with Crippen LogP contribution in [0.15, 0.2) is 54.6 Å². The van der Waals surface area contributed by atoms with E-state index in [2.05, 4.69) is 0 Å². The number of hydrogen-bond acceptors (Lipinski definition) is 2. The van der Waals surface area contributed by atoms with Gasteiger partial charge in [-0.1, -0.05) is 36.4 Å². The SMILES string of the molecule is C/C=C/CCc1ccc(C2CCC(COc3ccc(C4CC=C(c5ccc(OCC)c(F)c5F)CC4)c(F)c3F)CC2)c(F)c1F. The second-order valence-corrected chi connectivity index (χ2v) is 12.2. The standard InChI is InChI=1S/C38H40F6O2/c1-3-5-6-7-27-16-17-28(34(40)33(27)39)24-10-8-23(9-11-24)22-46-32-21-19-30(36(42)38(32)44)26-14-12-25(13-15-26)29-18-20-31(45-4-2)37(43)35(29)41/h3,5,12,16-21,23-24,26H,4,6-11,13-15,22H2,1-2H3/b5-3+. The molecule has 0 heterocycles. The average Bonchev–Trinajstić information content (AvgIpc) is 3.07. The van der Waals surface area contributed by atoms with Gasteiger partial charge in [-0.3, -0.25) is 0 Å². The molecule has 1 saturated carbocycles. The largest absolute Gasteiger partial charge is 0.491 e. The molecule has 0 saturated heterocycles. The normalized spacial score (nSPS) is 20.2. The van der Waals surface area contributed by atoms with Crippen molar-refractivity contribution in [1.82, 2.24) is 0 Å². The van der Waals surface area contributed by atoms with E-state index < -0.39 is 34.9 Å². The molecule has 2 aliphatic rings. The van der Waals surface area contributed by atoms with Gasteiger partial charge < -0.3 is 9.47 Å². The topological polar surface area (TPSA) is 18.5 Å². The van der Waals surface area contributed by atoms with E-state index in [1.54, 1.807) is 25.1 Å². The van der Waals surface area contributed by atoms with E-state index in [9.17, 15) is 17.6 Å². The van der Waals surface area contributed by atoms with Crippen molar-refractivity contribution in [2.24, 2.45) is 5.92 Å². The van der Waals surface area contributed by atoms with Gasteiger partial charge in [-0.05, 0) is 130 Å². The van der Waals surface area contributed by atoms with Crippen LogP contribution in [0, 0.1) is 40.8 Å². The maximum Gasteiger partial charge on any atom is 0.201 e. The third-order valence-corrected chi connectivity index (χ3v) is 9.39. The Labute approximate surface area is 267 Å². The Morgan fingerprint density at radius 1 is 0.696 bits per heavy atom. The highest BCUT2D eigenvalue weighted by Gasteiger charge is 2.29. The van der Waals surface area contributed by atoms with Crippen molar-refractivity contribution in [2.45, 2.75) is 83.5 Å². The third-order valence-electron chi connectivity index (χ3n) is 9.39. The Morgan fingerprint density at radius 3 is 2.04 bits per heavy atom. The Bertz CT molecular complexity index is 1590. The summed E-state index contributed by atoms with van der Waals surface area (Å²) >= 11 is 0. The summed E-state index contributed by atoms with van der Waals surface area (Å²) in [7, 11) is 0. The van der Waals surface area contributed by atoms with Gasteiger partial charge in [-0.15, -0.1) is 0 Å². The predicted molar refractivity (Wildman–Crippen MR) is 168 cm³/mol. The molecule has 0 spiro atoms. The van der Waals surface area contributed by atoms with Gasteiger partial charge in [0.15, 0.2) is 34.8 Å². The van der Waals surface area contributed by atoms with Gasteiger partial charge in [-0.25, -0.2) is 17.6 Å². The fourth-order valence-electron chi connectivity index (χ4n) is 6.75. The first-order chi connectivity index (χ1) is 22.2. The Morgan fingerprint density at radius 2 is 1.35 bits per heavy atom. The molecular formula is C38H40F6O2. The van der Waals surface area contributed by atoms with E-state index in [1.165, 1.54) is 24.3 Å². The molecule has 0 N–H and O–H groups in total. The first-order valence-electron chi connectivity index (χ1n) is 16.2. The van der Waals surface area contributed by atoms with Gasteiger partial charge in [-0.2, -0.15) is 8.78 Å². The molecule has 46 heavy (non-hydrogen) atoms. The molecule has 5 rings (SSSR count). The number of allylic oxidation sites excluding steroid dienone is 4. The summed E-state index contributed by atoms with van der Waals surface area (Å²) in [6.45, 7) is 3.99. The van der Waals surface area contributed by atoms with Crippen LogP contribution in [0.2, 0.25) is 0 Å². The fourth-order valence-corrected chi connectivity index (χ4v) is 6.75. The maximum atomic E-state index is 15.2. The molecular weight excluding hydrogens is 602 g/mol. The molecule has 1 fully saturated rings. The highest BCUT2D eigenvalue weighted by molar-refractivity contribution is 5.68. The quantitative estimate of drug-likeness (QED) is 0.153. The van der Waals surface area contributed by atoms with Crippen molar-refractivity contribution in [3.63, 3.8) is 0 Å². The summed E-state index contributed by atoms with van der Waals surface area (Å²) < 4.78 is 99.8. The third kappa shape index (κ3) is 7.31. The number of benzene rings is 3. The van der Waals surface area contributed by atoms with Gasteiger partial charge in [0.25, 0.3) is 0 Å². The second-order valence-electron chi connectivity index (χ2n) is 12.2. The van der Waals surface area contributed by atoms with E-state index in [4.69, 9.17) is 9.47 Å². The van der Waals surface area contributed by atoms with Crippen molar-refractivity contribution in [3.8, 4) is 11.5 Å². The monoisotopic (exact) mass is 642 g/mol. The fraction of sp³-hybridized carbons (Fsp3) is 0.421. The van der Waals surface area contributed by atoms with E-state index in [1.807, 2.05) is 19.1 Å². The van der Waals surface area contributed by atoms with Crippen LogP contribution < -0.4 is 9.47 Å². The number of ether oxygens (including phenoxy) is 2. The van der Waals surface area contributed by atoms with E-state index in [0.29, 0.717) is 74.5 Å². The van der Waals surface area contributed by atoms with Crippen molar-refractivity contribution in [3.05, 3.63) is 112 Å². The lowest BCUT2D eigenvalue weighted by Gasteiger charge is -2.29. The van der Waals surface area contributed by atoms with Gasteiger partial charge in [0.2, 0.25) is 11.6 Å². The Hall–Kier alpha value is -3.68. The maximum absolute atomic E-state index is 15.2. The first-order valence-corrected chi connectivity index (χ1v) is 16.2. The first kappa shape index (κ1) is 33.7. The lowest BCUT2D eigenvalue weighted by atomic mass is 9.78. The highest BCUT2D eigenvalue weighted by atomic mass is 19.2. The highest BCUT2D eigenvalue weighted by Crippen LogP contribution is 2.41. The summed E-state index contributed by atoms with van der Waals surface area (Å²) in [6.07, 6.45) is 10.6. The second kappa shape index (κ2) is 15.3. The number of hydrogen-bond donors (Lipinski definition) is 0. The molecule has 1 atom stereocenters. The summed E-state index contributed by atoms with van der Waals surface area (Å²) in [5, 5.41) is 0. The minimum absolute atomic E-state index is 0.0844. The lowest BCUT2D eigenvalue weighted by molar-refractivity contribution is 0.191. The van der Waals surface area contributed by atoms with Gasteiger partial charge in [0.1, 0.15) is 0 Å². The molecule has 0 aromatic heterocycles. The van der Waals surface area contributed by atoms with Crippen LogP contribution in [-0.2, 0) is 6.42 Å². The van der Waals surface area contributed by atoms with Crippen LogP contribution in [0.1, 0.15) is 99.3 Å². The van der Waals surface area contributed by atoms with Crippen LogP contribution in [0.4, 0.5) is 26.3 Å². The van der Waals surface area contributed by atoms with Crippen molar-refractivity contribution < 1.29 is 35.8 Å². The summed E-state index contributed by atoms with van der Waals surface area (Å²) in [5.41, 5.74) is 1.77. The minimum Gasteiger partial charge on any atom is -0.491 e. The molecule has 8 heteroatoms. The molecule has 246 valence electrons. The molecule has 0 aliphatic heterocycles. The minimum atomic E-state index is -1.05. The van der Waals surface area contributed by atoms with Gasteiger partial charge >= 0.3 is 0 Å². The van der Waals surface area contributed by atoms with E-state index in [0.717, 1.165) is 0 Å². The van der Waals surface area contributed by atoms with Crippen LogP contribution in [0.3, 0.4) is 0 Å². The van der Waals surface area contributed by atoms with E-state index >= 15 is 8.78 Å². The van der Waals surface area contributed by atoms with Gasteiger partial charge in [0, 0.05) is 5.56 Å². The lowest BCUT2D eigenvalue weighted by Crippen LogP contribution is -2.20. The predicted octanol–water partition coefficient (Wildman–Crippen LogP) is 11.1. The van der Waals surface area contributed by atoms with Crippen LogP contribution in [0.25, 0.3) is 5.57 Å². The van der Waals surface area contributed by atoms with Crippen molar-refractivity contribution in [2.75, 3.05) is 13.2 Å². The zero-order valence-electron chi connectivity index (χ0n) is 26.3. The van der Waals surface area contributed by atoms with Crippen molar-refractivity contribution >= 4 is 5.57 Å².